The molecule has 14 aromatic rings. The van der Waals surface area contributed by atoms with Crippen LogP contribution in [0.15, 0.2) is 231 Å². The summed E-state index contributed by atoms with van der Waals surface area (Å²) in [6, 6.07) is 86.1. The summed E-state index contributed by atoms with van der Waals surface area (Å²) >= 11 is 0. The minimum absolute atomic E-state index is 0.146. The lowest BCUT2D eigenvalue weighted by Crippen LogP contribution is -2.19. The number of H-pyrrole nitrogens is 8. The van der Waals surface area contributed by atoms with Crippen molar-refractivity contribution in [1.29, 1.82) is 0 Å². The van der Waals surface area contributed by atoms with Crippen molar-refractivity contribution in [2.75, 3.05) is 0 Å². The Kier molecular flexibility index (Phi) is 20.3. The molecule has 120 heavy (non-hydrogen) atoms. The highest BCUT2D eigenvalue weighted by atomic mass is 14.9. The Bertz CT molecular complexity index is 5370. The summed E-state index contributed by atoms with van der Waals surface area (Å²) in [5.74, 6) is 22.5. The molecular formula is C112H118N8+8. The Morgan fingerprint density at radius 3 is 0.467 bits per heavy atom. The molecule has 0 aliphatic carbocycles. The molecule has 0 fully saturated rings. The first kappa shape index (κ1) is 81.4. The van der Waals surface area contributed by atoms with E-state index in [1.165, 1.54) is 44.5 Å². The van der Waals surface area contributed by atoms with E-state index in [9.17, 15) is 0 Å². The van der Waals surface area contributed by atoms with E-state index in [0.29, 0.717) is 0 Å². The molecule has 6 aromatic carbocycles. The number of benzene rings is 6. The van der Waals surface area contributed by atoms with Crippen molar-refractivity contribution in [2.24, 2.45) is 0 Å². The number of aromatic nitrogens is 8. The van der Waals surface area contributed by atoms with Gasteiger partial charge < -0.3 is 39.9 Å². The maximum atomic E-state index is 4.08. The van der Waals surface area contributed by atoms with Crippen LogP contribution in [0.2, 0.25) is 0 Å². The van der Waals surface area contributed by atoms with Gasteiger partial charge in [-0.05, 0) is 148 Å². The molecule has 16 bridgehead atoms. The van der Waals surface area contributed by atoms with E-state index in [0.717, 1.165) is 172 Å². The lowest BCUT2D eigenvalue weighted by Gasteiger charge is -2.25. The quantitative estimate of drug-likeness (QED) is 0.0597. The van der Waals surface area contributed by atoms with Crippen LogP contribution in [0.3, 0.4) is 0 Å². The van der Waals surface area contributed by atoms with Gasteiger partial charge >= 0.3 is 0 Å². The fourth-order valence-electron chi connectivity index (χ4n) is 16.7. The van der Waals surface area contributed by atoms with Crippen molar-refractivity contribution < 1.29 is 0 Å². The van der Waals surface area contributed by atoms with Gasteiger partial charge in [-0.15, -0.1) is 0 Å². The van der Waals surface area contributed by atoms with Crippen LogP contribution in [0.25, 0.3) is 0 Å². The predicted molar refractivity (Wildman–Crippen MR) is 496 cm³/mol. The van der Waals surface area contributed by atoms with Crippen LogP contribution in [-0.4, -0.2) is 39.9 Å². The van der Waals surface area contributed by atoms with Gasteiger partial charge in [0.05, 0.1) is 142 Å². The fraction of sp³-hybridized carbons (Fsp3) is 0.286. The standard InChI is InChI=1S/C112H118N8/c1-105(2,3)73-55-69(56-74(63-73)106(4,5)6)101-91-43-39-83(113-91)81(84-40-44-92(114-84)102(70-57-75(107(7,8)9)64-76(58-70)108(10,11)12)96-52-48-88(118-96)99(67-33-27-25-28-34-67)87-47-51-95(101)117-87)37-31-32-38-82-85-41-45-93(115-85)103(71-59-77(109(13,14)15)65-78(60-71)110(16,17)18)97-53-49-89(119-97)100(68-35-29-26-30-36-68)90-50-54-98(120-90)104(94-46-42-86(82)116-94)72-61-79(111(19,20)21)66-80(62-72)112(22,23)24/h25-30,33-36,39-66,113-120H,1-24H3/q+8. The van der Waals surface area contributed by atoms with Crippen LogP contribution in [0, 0.1) is 71.0 Å². The zero-order chi connectivity index (χ0) is 85.3. The molecule has 0 amide bonds. The topological polar surface area (TPSA) is 126 Å². The van der Waals surface area contributed by atoms with Crippen molar-refractivity contribution in [3.63, 3.8) is 0 Å². The zero-order valence-electron chi connectivity index (χ0n) is 74.9. The van der Waals surface area contributed by atoms with Crippen LogP contribution >= 0.6 is 0 Å². The summed E-state index contributed by atoms with van der Waals surface area (Å²) < 4.78 is 0. The highest BCUT2D eigenvalue weighted by Crippen LogP contribution is 2.47. The maximum absolute atomic E-state index is 4.08. The normalized spacial score (nSPS) is 13.9. The van der Waals surface area contributed by atoms with E-state index >= 15 is 0 Å². The number of aromatic amines is 8. The van der Waals surface area contributed by atoms with Crippen LogP contribution < -0.4 is 0 Å². The van der Waals surface area contributed by atoms with E-state index in [1.807, 2.05) is 0 Å². The maximum Gasteiger partial charge on any atom is 0.167 e. The van der Waals surface area contributed by atoms with Gasteiger partial charge in [0.15, 0.2) is 46.5 Å². The van der Waals surface area contributed by atoms with Gasteiger partial charge in [-0.3, -0.25) is 0 Å². The van der Waals surface area contributed by atoms with E-state index in [4.69, 9.17) is 0 Å². The first-order valence-electron chi connectivity index (χ1n) is 42.8. The molecule has 0 atom stereocenters. The van der Waals surface area contributed by atoms with Gasteiger partial charge in [0.2, 0.25) is 0 Å². The molecule has 2 aliphatic rings. The number of fused-ring (bicyclic) bond motifs is 16. The van der Waals surface area contributed by atoms with E-state index in [1.54, 1.807) is 0 Å². The Labute approximate surface area is 715 Å². The summed E-state index contributed by atoms with van der Waals surface area (Å²) in [5.41, 5.74) is 30.6. The van der Waals surface area contributed by atoms with Gasteiger partial charge in [-0.1, -0.05) is 166 Å². The van der Waals surface area contributed by atoms with Crippen LogP contribution in [-0.2, 0) is 43.3 Å². The monoisotopic (exact) mass is 1570 g/mol. The van der Waals surface area contributed by atoms with Gasteiger partial charge in [0, 0.05) is 72.8 Å². The van der Waals surface area contributed by atoms with Gasteiger partial charge in [0.1, 0.15) is 104 Å². The number of hydrogen-bond donors (Lipinski definition) is 8. The molecule has 8 nitrogen and oxygen atoms in total. The van der Waals surface area contributed by atoms with Crippen molar-refractivity contribution >= 4 is 0 Å². The van der Waals surface area contributed by atoms with Crippen LogP contribution in [0.1, 0.15) is 335 Å². The van der Waals surface area contributed by atoms with E-state index < -0.39 is 0 Å². The molecule has 0 spiro atoms. The smallest absolute Gasteiger partial charge is 0.167 e. The molecule has 16 rings (SSSR count). The minimum atomic E-state index is -0.146. The summed E-state index contributed by atoms with van der Waals surface area (Å²) in [7, 11) is 0. The molecule has 2 aliphatic heterocycles. The molecule has 0 saturated carbocycles. The largest absolute Gasteiger partial charge is 0.327 e. The highest BCUT2D eigenvalue weighted by Gasteiger charge is 2.44. The Balaban J connectivity index is 0.916. The second-order valence-corrected chi connectivity index (χ2v) is 41.7. The summed E-state index contributed by atoms with van der Waals surface area (Å²) in [5, 5.41) is 0. The van der Waals surface area contributed by atoms with Crippen molar-refractivity contribution in [3.05, 3.63) is 447 Å². The number of hydrogen-bond acceptors (Lipinski definition) is 0. The average molecular weight is 1580 g/mol. The van der Waals surface area contributed by atoms with Gasteiger partial charge in [0.25, 0.3) is 0 Å². The van der Waals surface area contributed by atoms with Crippen molar-refractivity contribution in [1.82, 2.24) is 39.9 Å². The second kappa shape index (κ2) is 29.9. The van der Waals surface area contributed by atoms with Gasteiger partial charge in [-0.2, -0.15) is 0 Å². The van der Waals surface area contributed by atoms with Crippen LogP contribution in [0.4, 0.5) is 0 Å². The summed E-state index contributed by atoms with van der Waals surface area (Å²) in [6.45, 7) is 55.5. The summed E-state index contributed by atoms with van der Waals surface area (Å²) in [6.07, 6.45) is 0. The predicted octanol–water partition coefficient (Wildman–Crippen LogP) is 26.1. The molecule has 8 aromatic heterocycles. The zero-order valence-corrected chi connectivity index (χ0v) is 74.9. The molecular weight excluding hydrogens is 1460 g/mol. The van der Waals surface area contributed by atoms with Crippen molar-refractivity contribution in [2.45, 2.75) is 209 Å². The Hall–Kier alpha value is -12.4. The fourth-order valence-corrected chi connectivity index (χ4v) is 16.7. The SMILES string of the molecule is CC(C)(C)c1cc([C+]2c3ccc([nH]3)[C+](C#CC#C[C+]3c4ccc([nH]4)[C+](c4cc(C(C)(C)C)cc(C(C)(C)C)c4)c4ccc([nH]4)[C+](c4ccccc4)c4ccc([nH]4)[C+](c4cc(C(C)(C)C)cc(C(C)(C)C)c4)c4ccc3[nH]4)c3ccc([nH]3)[C+](c3cc(C(C)(C)C)cc(C(C)(C)C)c3)c3ccc([nH]3)[C+](c3ccccc3)c3ccc2[nH]3)cc(C(C)(C)C)c1. The molecule has 0 saturated heterocycles. The third-order valence-corrected chi connectivity index (χ3v) is 24.2. The Morgan fingerprint density at radius 1 is 0.167 bits per heavy atom. The third-order valence-electron chi connectivity index (χ3n) is 24.2. The van der Waals surface area contributed by atoms with E-state index in [-0.39, 0.29) is 43.3 Å². The third kappa shape index (κ3) is 16.3. The average Bonchev–Trinajstić information content (AvgIpc) is 1.57. The van der Waals surface area contributed by atoms with Gasteiger partial charge in [-0.25, -0.2) is 0 Å². The number of nitrogens with one attached hydrogen (secondary N) is 8. The minimum Gasteiger partial charge on any atom is -0.327 e. The molecule has 8 heteroatoms. The van der Waals surface area contributed by atoms with Crippen LogP contribution in [0.5, 0.6) is 0 Å². The second-order valence-electron chi connectivity index (χ2n) is 41.7. The number of rotatable bonds is 6. The first-order chi connectivity index (χ1) is 56.5. The first-order valence-corrected chi connectivity index (χ1v) is 42.8. The molecule has 598 valence electrons. The van der Waals surface area contributed by atoms with E-state index in [2.05, 4.69) is 460 Å². The lowest BCUT2D eigenvalue weighted by molar-refractivity contribution is 0.567. The highest BCUT2D eigenvalue weighted by molar-refractivity contribution is 5.69. The Morgan fingerprint density at radius 2 is 0.308 bits per heavy atom. The molecule has 8 N–H and O–H groups in total. The summed E-state index contributed by atoms with van der Waals surface area (Å²) in [4.78, 5) is 32.6. The molecule has 0 unspecified atom stereocenters. The molecule has 0 radical (unpaired) electrons. The van der Waals surface area contributed by atoms with Crippen molar-refractivity contribution in [3.8, 4) is 23.7 Å². The lowest BCUT2D eigenvalue weighted by atomic mass is 9.77. The molecule has 10 heterocycles.